The third-order valence-corrected chi connectivity index (χ3v) is 2.99. The summed E-state index contributed by atoms with van der Waals surface area (Å²) >= 11 is 0. The molecule has 0 radical (unpaired) electrons. The lowest BCUT2D eigenvalue weighted by Gasteiger charge is -2.15. The quantitative estimate of drug-likeness (QED) is 0.877. The summed E-state index contributed by atoms with van der Waals surface area (Å²) in [7, 11) is 1.89. The van der Waals surface area contributed by atoms with Crippen LogP contribution in [0.15, 0.2) is 12.4 Å². The second-order valence-electron chi connectivity index (χ2n) is 5.12. The van der Waals surface area contributed by atoms with Crippen molar-refractivity contribution >= 4 is 17.3 Å². The van der Waals surface area contributed by atoms with E-state index in [1.54, 1.807) is 10.9 Å². The molecule has 0 aliphatic heterocycles. The molecule has 0 unspecified atom stereocenters. The summed E-state index contributed by atoms with van der Waals surface area (Å²) in [5.74, 6) is 2.82. The fourth-order valence-electron chi connectivity index (χ4n) is 1.88. The number of rotatable bonds is 5. The summed E-state index contributed by atoms with van der Waals surface area (Å²) < 4.78 is 1.76. The monoisotopic (exact) mass is 274 g/mol. The number of hydrogen-bond donors (Lipinski definition) is 2. The molecule has 2 aromatic heterocycles. The van der Waals surface area contributed by atoms with Crippen molar-refractivity contribution in [1.82, 2.24) is 19.7 Å². The molecule has 0 aliphatic carbocycles. The van der Waals surface area contributed by atoms with Crippen LogP contribution in [0.2, 0.25) is 0 Å². The average molecular weight is 274 g/mol. The fourth-order valence-corrected chi connectivity index (χ4v) is 1.88. The Balaban J connectivity index is 2.39. The molecule has 2 aromatic rings. The lowest BCUT2D eigenvalue weighted by Crippen LogP contribution is -2.10. The molecule has 2 N–H and O–H groups in total. The van der Waals surface area contributed by atoms with E-state index in [0.717, 1.165) is 35.3 Å². The van der Waals surface area contributed by atoms with E-state index in [-0.39, 0.29) is 5.92 Å². The Morgan fingerprint density at radius 2 is 1.95 bits per heavy atom. The molecule has 0 aliphatic rings. The van der Waals surface area contributed by atoms with Gasteiger partial charge in [0.05, 0.1) is 11.9 Å². The number of aromatic nitrogens is 4. The number of anilines is 3. The van der Waals surface area contributed by atoms with Crippen molar-refractivity contribution in [3.8, 4) is 0 Å². The Morgan fingerprint density at radius 3 is 2.50 bits per heavy atom. The Hall–Kier alpha value is -2.11. The largest absolute Gasteiger partial charge is 0.370 e. The molecule has 0 bridgehead atoms. The van der Waals surface area contributed by atoms with E-state index in [1.165, 1.54) is 0 Å². The molecule has 6 nitrogen and oxygen atoms in total. The van der Waals surface area contributed by atoms with Gasteiger partial charge >= 0.3 is 0 Å². The molecule has 20 heavy (non-hydrogen) atoms. The second-order valence-corrected chi connectivity index (χ2v) is 5.12. The summed E-state index contributed by atoms with van der Waals surface area (Å²) in [4.78, 5) is 9.21. The molecule has 2 heterocycles. The molecule has 2 rings (SSSR count). The van der Waals surface area contributed by atoms with Crippen molar-refractivity contribution in [2.24, 2.45) is 7.05 Å². The third-order valence-electron chi connectivity index (χ3n) is 2.99. The lowest BCUT2D eigenvalue weighted by molar-refractivity contribution is 0.767. The Morgan fingerprint density at radius 1 is 1.25 bits per heavy atom. The average Bonchev–Trinajstić information content (AvgIpc) is 2.79. The molecule has 0 aromatic carbocycles. The second kappa shape index (κ2) is 5.90. The molecule has 0 atom stereocenters. The van der Waals surface area contributed by atoms with E-state index in [4.69, 9.17) is 0 Å². The van der Waals surface area contributed by atoms with E-state index >= 15 is 0 Å². The number of aryl methyl sites for hydroxylation is 1. The van der Waals surface area contributed by atoms with Gasteiger partial charge in [0.15, 0.2) is 0 Å². The zero-order chi connectivity index (χ0) is 14.7. The summed E-state index contributed by atoms with van der Waals surface area (Å²) in [5, 5.41) is 10.8. The van der Waals surface area contributed by atoms with Crippen molar-refractivity contribution in [2.45, 2.75) is 33.6 Å². The maximum absolute atomic E-state index is 4.62. The van der Waals surface area contributed by atoms with Gasteiger partial charge in [0, 0.05) is 31.3 Å². The summed E-state index contributed by atoms with van der Waals surface area (Å²) in [6.45, 7) is 9.09. The van der Waals surface area contributed by atoms with Crippen LogP contribution >= 0.6 is 0 Å². The first-order chi connectivity index (χ1) is 9.51. The van der Waals surface area contributed by atoms with Gasteiger partial charge in [-0.2, -0.15) is 5.10 Å². The van der Waals surface area contributed by atoms with Crippen LogP contribution in [-0.4, -0.2) is 26.3 Å². The first-order valence-electron chi connectivity index (χ1n) is 6.89. The highest BCUT2D eigenvalue weighted by atomic mass is 15.3. The third kappa shape index (κ3) is 3.07. The molecular weight excluding hydrogens is 252 g/mol. The van der Waals surface area contributed by atoms with Crippen LogP contribution in [0.25, 0.3) is 0 Å². The Bertz CT molecular complexity index is 587. The zero-order valence-corrected chi connectivity index (χ0v) is 12.7. The van der Waals surface area contributed by atoms with Crippen LogP contribution in [0.1, 0.15) is 38.1 Å². The minimum absolute atomic E-state index is 0.280. The van der Waals surface area contributed by atoms with Gasteiger partial charge in [0.1, 0.15) is 17.5 Å². The molecule has 108 valence electrons. The zero-order valence-electron chi connectivity index (χ0n) is 12.7. The maximum atomic E-state index is 4.62. The highest BCUT2D eigenvalue weighted by molar-refractivity contribution is 5.64. The van der Waals surface area contributed by atoms with E-state index in [9.17, 15) is 0 Å². The van der Waals surface area contributed by atoms with Crippen LogP contribution < -0.4 is 10.6 Å². The minimum Gasteiger partial charge on any atom is -0.370 e. The molecule has 0 fully saturated rings. The number of nitrogens with zero attached hydrogens (tertiary/aromatic N) is 4. The molecule has 0 saturated heterocycles. The first kappa shape index (κ1) is 14.3. The van der Waals surface area contributed by atoms with Crippen molar-refractivity contribution in [3.05, 3.63) is 23.8 Å². The molecule has 0 spiro atoms. The van der Waals surface area contributed by atoms with Gasteiger partial charge < -0.3 is 10.6 Å². The van der Waals surface area contributed by atoms with Gasteiger partial charge in [0.2, 0.25) is 0 Å². The van der Waals surface area contributed by atoms with Gasteiger partial charge in [-0.3, -0.25) is 4.68 Å². The Labute approximate surface area is 119 Å². The summed E-state index contributed by atoms with van der Waals surface area (Å²) in [6.07, 6.45) is 3.70. The molecule has 6 heteroatoms. The SMILES string of the molecule is CCNc1nc(C(C)C)nc(Nc2cnn(C)c2)c1C. The fraction of sp³-hybridized carbons (Fsp3) is 0.500. The highest BCUT2D eigenvalue weighted by Crippen LogP contribution is 2.25. The first-order valence-corrected chi connectivity index (χ1v) is 6.89. The van der Waals surface area contributed by atoms with Crippen LogP contribution in [0, 0.1) is 6.92 Å². The van der Waals surface area contributed by atoms with Crippen LogP contribution in [0.4, 0.5) is 17.3 Å². The van der Waals surface area contributed by atoms with Gasteiger partial charge in [-0.25, -0.2) is 9.97 Å². The topological polar surface area (TPSA) is 67.7 Å². The minimum atomic E-state index is 0.280. The summed E-state index contributed by atoms with van der Waals surface area (Å²) in [6, 6.07) is 0. The molecular formula is C14H22N6. The van der Waals surface area contributed by atoms with Gasteiger partial charge in [-0.15, -0.1) is 0 Å². The predicted molar refractivity (Wildman–Crippen MR) is 81.5 cm³/mol. The van der Waals surface area contributed by atoms with Crippen LogP contribution in [0.5, 0.6) is 0 Å². The Kier molecular flexibility index (Phi) is 4.22. The highest BCUT2D eigenvalue weighted by Gasteiger charge is 2.13. The van der Waals surface area contributed by atoms with E-state index in [0.29, 0.717) is 0 Å². The van der Waals surface area contributed by atoms with Crippen molar-refractivity contribution < 1.29 is 0 Å². The van der Waals surface area contributed by atoms with Crippen molar-refractivity contribution in [1.29, 1.82) is 0 Å². The normalized spacial score (nSPS) is 10.9. The number of nitrogens with one attached hydrogen (secondary N) is 2. The van der Waals surface area contributed by atoms with Gasteiger partial charge in [-0.1, -0.05) is 13.8 Å². The number of hydrogen-bond acceptors (Lipinski definition) is 5. The maximum Gasteiger partial charge on any atom is 0.139 e. The standard InChI is InChI=1S/C14H22N6/c1-6-15-13-10(4)14(19-12(18-13)9(2)3)17-11-7-16-20(5)8-11/h7-9H,6H2,1-5H3,(H2,15,17,18,19). The van der Waals surface area contributed by atoms with E-state index < -0.39 is 0 Å². The predicted octanol–water partition coefficient (Wildman–Crippen LogP) is 2.82. The molecule has 0 saturated carbocycles. The van der Waals surface area contributed by atoms with Gasteiger partial charge in [0.25, 0.3) is 0 Å². The van der Waals surface area contributed by atoms with Crippen LogP contribution in [0.3, 0.4) is 0 Å². The smallest absolute Gasteiger partial charge is 0.139 e. The van der Waals surface area contributed by atoms with E-state index in [1.807, 2.05) is 20.2 Å². The lowest BCUT2D eigenvalue weighted by atomic mass is 10.2. The van der Waals surface area contributed by atoms with Crippen molar-refractivity contribution in [3.63, 3.8) is 0 Å². The van der Waals surface area contributed by atoms with E-state index in [2.05, 4.69) is 46.5 Å². The summed E-state index contributed by atoms with van der Waals surface area (Å²) in [5.41, 5.74) is 1.94. The molecule has 0 amide bonds. The van der Waals surface area contributed by atoms with Crippen LogP contribution in [-0.2, 0) is 7.05 Å². The van der Waals surface area contributed by atoms with Crippen molar-refractivity contribution in [2.75, 3.05) is 17.2 Å². The van der Waals surface area contributed by atoms with Gasteiger partial charge in [-0.05, 0) is 13.8 Å².